The number of hydrogen-bond acceptors (Lipinski definition) is 4. The highest BCUT2D eigenvalue weighted by Gasteiger charge is 2.17. The molecule has 0 aliphatic rings. The molecule has 2 heterocycles. The lowest BCUT2D eigenvalue weighted by atomic mass is 10.1. The molecule has 6 heteroatoms. The largest absolute Gasteiger partial charge is 0.309 e. The molecule has 1 unspecified atom stereocenters. The molecule has 0 fully saturated rings. The summed E-state index contributed by atoms with van der Waals surface area (Å²) in [5.41, 5.74) is 0. The van der Waals surface area contributed by atoms with Crippen molar-refractivity contribution in [3.63, 3.8) is 0 Å². The predicted molar refractivity (Wildman–Crippen MR) is 73.1 cm³/mol. The molecule has 2 aromatic rings. The summed E-state index contributed by atoms with van der Waals surface area (Å²) in [5, 5.41) is 9.69. The minimum Gasteiger partial charge on any atom is -0.309 e. The number of aromatic nitrogens is 3. The molecule has 1 N–H and O–H groups in total. The molecule has 0 bridgehead atoms. The van der Waals surface area contributed by atoms with Crippen LogP contribution in [0.4, 0.5) is 0 Å². The molecule has 0 radical (unpaired) electrons. The van der Waals surface area contributed by atoms with E-state index in [0.29, 0.717) is 0 Å². The van der Waals surface area contributed by atoms with E-state index in [0.717, 1.165) is 23.3 Å². The zero-order valence-corrected chi connectivity index (χ0v) is 12.3. The van der Waals surface area contributed by atoms with E-state index in [-0.39, 0.29) is 6.04 Å². The fourth-order valence-corrected chi connectivity index (χ4v) is 3.47. The van der Waals surface area contributed by atoms with E-state index in [1.54, 1.807) is 17.7 Å². The summed E-state index contributed by atoms with van der Waals surface area (Å²) in [6.07, 6.45) is 2.45. The highest BCUT2D eigenvalue weighted by atomic mass is 79.9. The number of nitrogens with one attached hydrogen (secondary N) is 1. The lowest BCUT2D eigenvalue weighted by Crippen LogP contribution is -2.23. The maximum absolute atomic E-state index is 4.28. The van der Waals surface area contributed by atoms with Gasteiger partial charge in [0.2, 0.25) is 0 Å². The Hall–Kier alpha value is -0.720. The van der Waals surface area contributed by atoms with Crippen molar-refractivity contribution in [2.75, 3.05) is 6.54 Å². The van der Waals surface area contributed by atoms with Crippen LogP contribution < -0.4 is 5.32 Å². The van der Waals surface area contributed by atoms with Crippen molar-refractivity contribution in [1.82, 2.24) is 20.1 Å². The van der Waals surface area contributed by atoms with Gasteiger partial charge in [0.15, 0.2) is 0 Å². The van der Waals surface area contributed by atoms with Crippen molar-refractivity contribution in [3.05, 3.63) is 32.9 Å². The smallest absolute Gasteiger partial charge is 0.138 e. The molecule has 0 spiro atoms. The van der Waals surface area contributed by atoms with Crippen LogP contribution in [0.15, 0.2) is 22.2 Å². The monoisotopic (exact) mass is 314 g/mol. The molecule has 1 atom stereocenters. The van der Waals surface area contributed by atoms with Gasteiger partial charge in [-0.05, 0) is 33.9 Å². The fraction of sp³-hybridized carbons (Fsp3) is 0.455. The Morgan fingerprint density at radius 3 is 2.94 bits per heavy atom. The van der Waals surface area contributed by atoms with Crippen molar-refractivity contribution in [2.24, 2.45) is 7.05 Å². The van der Waals surface area contributed by atoms with Crippen molar-refractivity contribution in [3.8, 4) is 0 Å². The molecule has 0 aliphatic carbocycles. The molecule has 0 saturated carbocycles. The number of nitrogens with zero attached hydrogens (tertiary/aromatic N) is 3. The molecule has 0 aliphatic heterocycles. The Kier molecular flexibility index (Phi) is 4.31. The van der Waals surface area contributed by atoms with E-state index in [9.17, 15) is 0 Å². The number of thiophene rings is 1. The Labute approximate surface area is 113 Å². The molecule has 2 aromatic heterocycles. The number of likely N-dealkylation sites (N-methyl/N-ethyl adjacent to an activating group) is 1. The maximum atomic E-state index is 4.28. The van der Waals surface area contributed by atoms with Crippen LogP contribution in [-0.4, -0.2) is 21.3 Å². The minimum absolute atomic E-state index is 0.289. The highest BCUT2D eigenvalue weighted by Crippen LogP contribution is 2.30. The van der Waals surface area contributed by atoms with Gasteiger partial charge in [0.05, 0.1) is 0 Å². The Morgan fingerprint density at radius 1 is 1.59 bits per heavy atom. The van der Waals surface area contributed by atoms with Crippen LogP contribution in [0.3, 0.4) is 0 Å². The molecule has 4 nitrogen and oxygen atoms in total. The summed E-state index contributed by atoms with van der Waals surface area (Å²) in [7, 11) is 1.93. The van der Waals surface area contributed by atoms with Crippen LogP contribution >= 0.6 is 27.3 Å². The normalized spacial score (nSPS) is 12.9. The first kappa shape index (κ1) is 12.7. The van der Waals surface area contributed by atoms with Gasteiger partial charge in [0.1, 0.15) is 12.2 Å². The van der Waals surface area contributed by atoms with E-state index in [4.69, 9.17) is 0 Å². The number of aryl methyl sites for hydroxylation is 1. The first-order valence-corrected chi connectivity index (χ1v) is 7.18. The fourth-order valence-electron chi connectivity index (χ4n) is 1.75. The second-order valence-corrected chi connectivity index (χ2v) is 5.55. The van der Waals surface area contributed by atoms with Gasteiger partial charge in [-0.2, -0.15) is 5.10 Å². The van der Waals surface area contributed by atoms with E-state index in [2.05, 4.69) is 49.7 Å². The van der Waals surface area contributed by atoms with Crippen LogP contribution in [0, 0.1) is 0 Å². The minimum atomic E-state index is 0.289. The standard InChI is InChI=1S/C11H15BrN4S/c1-3-13-9(11-8(12)4-5-17-11)6-10-14-7-15-16(10)2/h4-5,7,9,13H,3,6H2,1-2H3. The van der Waals surface area contributed by atoms with Gasteiger partial charge in [0.25, 0.3) is 0 Å². The van der Waals surface area contributed by atoms with E-state index in [1.165, 1.54) is 4.88 Å². The van der Waals surface area contributed by atoms with Gasteiger partial charge in [-0.3, -0.25) is 4.68 Å². The summed E-state index contributed by atoms with van der Waals surface area (Å²) < 4.78 is 2.99. The second kappa shape index (κ2) is 5.75. The second-order valence-electron chi connectivity index (χ2n) is 3.75. The van der Waals surface area contributed by atoms with Crippen LogP contribution in [0.25, 0.3) is 0 Å². The molecular formula is C11H15BrN4S. The maximum Gasteiger partial charge on any atom is 0.138 e. The summed E-state index contributed by atoms with van der Waals surface area (Å²) in [6.45, 7) is 3.05. The third-order valence-corrected chi connectivity index (χ3v) is 4.59. The number of hydrogen-bond donors (Lipinski definition) is 1. The molecule has 2 rings (SSSR count). The van der Waals surface area contributed by atoms with Gasteiger partial charge in [0, 0.05) is 28.9 Å². The molecule has 0 saturated heterocycles. The van der Waals surface area contributed by atoms with E-state index < -0.39 is 0 Å². The zero-order valence-electron chi connectivity index (χ0n) is 9.85. The lowest BCUT2D eigenvalue weighted by Gasteiger charge is -2.16. The topological polar surface area (TPSA) is 42.7 Å². The summed E-state index contributed by atoms with van der Waals surface area (Å²) in [4.78, 5) is 5.59. The first-order valence-electron chi connectivity index (χ1n) is 5.51. The Balaban J connectivity index is 2.19. The van der Waals surface area contributed by atoms with Crippen molar-refractivity contribution < 1.29 is 0 Å². The Morgan fingerprint density at radius 2 is 2.41 bits per heavy atom. The highest BCUT2D eigenvalue weighted by molar-refractivity contribution is 9.10. The summed E-state index contributed by atoms with van der Waals surface area (Å²) in [5.74, 6) is 0.997. The average molecular weight is 315 g/mol. The quantitative estimate of drug-likeness (QED) is 0.922. The summed E-state index contributed by atoms with van der Waals surface area (Å²) >= 11 is 5.35. The lowest BCUT2D eigenvalue weighted by molar-refractivity contribution is 0.528. The first-order chi connectivity index (χ1) is 8.22. The number of halogens is 1. The van der Waals surface area contributed by atoms with Crippen molar-refractivity contribution in [1.29, 1.82) is 0 Å². The van der Waals surface area contributed by atoms with Crippen molar-refractivity contribution >= 4 is 27.3 Å². The van der Waals surface area contributed by atoms with Gasteiger partial charge in [-0.15, -0.1) is 11.3 Å². The Bertz CT molecular complexity index is 479. The molecular weight excluding hydrogens is 300 g/mol. The van der Waals surface area contributed by atoms with Gasteiger partial charge < -0.3 is 5.32 Å². The third kappa shape index (κ3) is 2.94. The van der Waals surface area contributed by atoms with Crippen LogP contribution in [0.2, 0.25) is 0 Å². The van der Waals surface area contributed by atoms with Crippen LogP contribution in [0.5, 0.6) is 0 Å². The average Bonchev–Trinajstić information content (AvgIpc) is 2.88. The van der Waals surface area contributed by atoms with Crippen LogP contribution in [-0.2, 0) is 13.5 Å². The van der Waals surface area contributed by atoms with Gasteiger partial charge in [-0.25, -0.2) is 4.98 Å². The molecule has 92 valence electrons. The zero-order chi connectivity index (χ0) is 12.3. The van der Waals surface area contributed by atoms with E-state index in [1.807, 2.05) is 11.7 Å². The van der Waals surface area contributed by atoms with E-state index >= 15 is 0 Å². The van der Waals surface area contributed by atoms with Crippen molar-refractivity contribution in [2.45, 2.75) is 19.4 Å². The van der Waals surface area contributed by atoms with Gasteiger partial charge >= 0.3 is 0 Å². The predicted octanol–water partition coefficient (Wildman–Crippen LogP) is 2.53. The third-order valence-electron chi connectivity index (χ3n) is 2.60. The summed E-state index contributed by atoms with van der Waals surface area (Å²) in [6, 6.07) is 2.37. The molecule has 17 heavy (non-hydrogen) atoms. The van der Waals surface area contributed by atoms with Crippen LogP contribution in [0.1, 0.15) is 23.7 Å². The molecule has 0 amide bonds. The van der Waals surface area contributed by atoms with Gasteiger partial charge in [-0.1, -0.05) is 6.92 Å². The number of rotatable bonds is 5. The molecule has 0 aromatic carbocycles. The SMILES string of the molecule is CCNC(Cc1ncnn1C)c1sccc1Br.